The van der Waals surface area contributed by atoms with Gasteiger partial charge in [0.05, 0.1) is 17.4 Å². The molecule has 1 fully saturated rings. The standard InChI is InChI=1S/C14H10O6/c15-11-6-2-1-5-3-8-9(13(17)19-12(8)16)4-7(5)10(6)14(18)20-11/h1-2,8-9,11,15H,3-4H2. The number of esters is 3. The van der Waals surface area contributed by atoms with Crippen LogP contribution >= 0.6 is 0 Å². The van der Waals surface area contributed by atoms with Gasteiger partial charge in [0.2, 0.25) is 6.29 Å². The van der Waals surface area contributed by atoms with E-state index in [1.165, 1.54) is 0 Å². The van der Waals surface area contributed by atoms with Crippen molar-refractivity contribution in [3.8, 4) is 0 Å². The monoisotopic (exact) mass is 274 g/mol. The maximum absolute atomic E-state index is 11.8. The molecule has 0 spiro atoms. The molecule has 1 N–H and O–H groups in total. The minimum atomic E-state index is -1.25. The van der Waals surface area contributed by atoms with Crippen LogP contribution in [0.25, 0.3) is 0 Å². The molecule has 20 heavy (non-hydrogen) atoms. The summed E-state index contributed by atoms with van der Waals surface area (Å²) >= 11 is 0. The van der Waals surface area contributed by atoms with Gasteiger partial charge in [-0.15, -0.1) is 0 Å². The first-order valence-electron chi connectivity index (χ1n) is 6.35. The first-order valence-corrected chi connectivity index (χ1v) is 6.35. The number of rotatable bonds is 0. The van der Waals surface area contributed by atoms with Crippen LogP contribution in [0.15, 0.2) is 12.1 Å². The highest BCUT2D eigenvalue weighted by atomic mass is 16.6. The minimum absolute atomic E-state index is 0.273. The van der Waals surface area contributed by atoms with E-state index in [2.05, 4.69) is 4.74 Å². The summed E-state index contributed by atoms with van der Waals surface area (Å²) in [5.41, 5.74) is 2.28. The van der Waals surface area contributed by atoms with E-state index < -0.39 is 36.0 Å². The molecule has 0 radical (unpaired) electrons. The Hall–Kier alpha value is -2.21. The SMILES string of the molecule is O=C1OC(O)c2ccc3c(c21)CC1C(=O)OC(=O)C1C3. The smallest absolute Gasteiger partial charge is 0.341 e. The lowest BCUT2D eigenvalue weighted by molar-refractivity contribution is -0.153. The summed E-state index contributed by atoms with van der Waals surface area (Å²) in [5.74, 6) is -2.60. The molecule has 1 aliphatic carbocycles. The highest BCUT2D eigenvalue weighted by Crippen LogP contribution is 2.41. The Kier molecular flexibility index (Phi) is 2.13. The van der Waals surface area contributed by atoms with E-state index in [4.69, 9.17) is 4.74 Å². The van der Waals surface area contributed by atoms with Gasteiger partial charge in [-0.05, 0) is 24.0 Å². The molecule has 3 aliphatic rings. The highest BCUT2D eigenvalue weighted by molar-refractivity contribution is 5.99. The number of hydrogen-bond acceptors (Lipinski definition) is 6. The first-order chi connectivity index (χ1) is 9.56. The van der Waals surface area contributed by atoms with Crippen LogP contribution in [-0.4, -0.2) is 23.0 Å². The van der Waals surface area contributed by atoms with Crippen LogP contribution in [0.1, 0.15) is 33.3 Å². The molecule has 1 saturated heterocycles. The maximum Gasteiger partial charge on any atom is 0.341 e. The van der Waals surface area contributed by atoms with Crippen LogP contribution in [-0.2, 0) is 31.9 Å². The molecule has 6 heteroatoms. The topological polar surface area (TPSA) is 89.9 Å². The van der Waals surface area contributed by atoms with Gasteiger partial charge in [0.15, 0.2) is 0 Å². The summed E-state index contributed by atoms with van der Waals surface area (Å²) in [7, 11) is 0. The number of aliphatic hydroxyl groups excluding tert-OH is 1. The normalized spacial score (nSPS) is 30.4. The third-order valence-electron chi connectivity index (χ3n) is 4.29. The lowest BCUT2D eigenvalue weighted by atomic mass is 9.75. The lowest BCUT2D eigenvalue weighted by Gasteiger charge is -2.24. The van der Waals surface area contributed by atoms with Gasteiger partial charge in [0.25, 0.3) is 0 Å². The van der Waals surface area contributed by atoms with Crippen molar-refractivity contribution < 1.29 is 29.0 Å². The maximum atomic E-state index is 11.8. The number of carbonyl (C=O) groups is 3. The van der Waals surface area contributed by atoms with E-state index in [1.807, 2.05) is 0 Å². The quantitative estimate of drug-likeness (QED) is 0.539. The van der Waals surface area contributed by atoms with Crippen LogP contribution in [0.2, 0.25) is 0 Å². The number of cyclic esters (lactones) is 3. The summed E-state index contributed by atoms with van der Waals surface area (Å²) in [6.45, 7) is 0. The van der Waals surface area contributed by atoms with Crippen molar-refractivity contribution in [2.45, 2.75) is 19.1 Å². The third-order valence-corrected chi connectivity index (χ3v) is 4.29. The lowest BCUT2D eigenvalue weighted by Crippen LogP contribution is -2.29. The average molecular weight is 274 g/mol. The van der Waals surface area contributed by atoms with Gasteiger partial charge in [0.1, 0.15) is 0 Å². The van der Waals surface area contributed by atoms with E-state index >= 15 is 0 Å². The molecule has 3 atom stereocenters. The van der Waals surface area contributed by atoms with Crippen LogP contribution in [0, 0.1) is 11.8 Å². The van der Waals surface area contributed by atoms with Crippen molar-refractivity contribution >= 4 is 17.9 Å². The Balaban J connectivity index is 1.86. The van der Waals surface area contributed by atoms with E-state index in [9.17, 15) is 19.5 Å². The molecule has 102 valence electrons. The second kappa shape index (κ2) is 3.67. The summed E-state index contributed by atoms with van der Waals surface area (Å²) in [5, 5.41) is 9.65. The molecule has 0 amide bonds. The summed E-state index contributed by atoms with van der Waals surface area (Å²) in [4.78, 5) is 35.1. The van der Waals surface area contributed by atoms with E-state index in [-0.39, 0.29) is 6.42 Å². The van der Waals surface area contributed by atoms with Gasteiger partial charge in [0, 0.05) is 5.56 Å². The van der Waals surface area contributed by atoms with Gasteiger partial charge in [-0.1, -0.05) is 12.1 Å². The van der Waals surface area contributed by atoms with Crippen molar-refractivity contribution in [3.05, 3.63) is 34.4 Å². The predicted molar refractivity (Wildman–Crippen MR) is 62.3 cm³/mol. The molecule has 2 aliphatic heterocycles. The Bertz CT molecular complexity index is 676. The van der Waals surface area contributed by atoms with Crippen molar-refractivity contribution in [1.29, 1.82) is 0 Å². The molecule has 1 aromatic carbocycles. The van der Waals surface area contributed by atoms with Gasteiger partial charge in [-0.3, -0.25) is 9.59 Å². The second-order valence-corrected chi connectivity index (χ2v) is 5.29. The third kappa shape index (κ3) is 1.34. The van der Waals surface area contributed by atoms with Gasteiger partial charge in [-0.2, -0.15) is 0 Å². The fraction of sp³-hybridized carbons (Fsp3) is 0.357. The van der Waals surface area contributed by atoms with Gasteiger partial charge < -0.3 is 14.6 Å². The van der Waals surface area contributed by atoms with Crippen LogP contribution in [0.4, 0.5) is 0 Å². The predicted octanol–water partition coefficient (Wildman–Crippen LogP) is 0.262. The Labute approximate surface area is 113 Å². The fourth-order valence-corrected chi connectivity index (χ4v) is 3.29. The van der Waals surface area contributed by atoms with Crippen molar-refractivity contribution in [2.75, 3.05) is 0 Å². The molecule has 0 saturated carbocycles. The molecule has 4 rings (SSSR count). The number of benzene rings is 1. The van der Waals surface area contributed by atoms with Crippen molar-refractivity contribution in [1.82, 2.24) is 0 Å². The summed E-state index contributed by atoms with van der Waals surface area (Å²) in [6, 6.07) is 3.40. The highest BCUT2D eigenvalue weighted by Gasteiger charge is 2.48. The Morgan fingerprint density at radius 1 is 1.05 bits per heavy atom. The zero-order valence-corrected chi connectivity index (χ0v) is 10.3. The zero-order valence-electron chi connectivity index (χ0n) is 10.3. The largest absolute Gasteiger partial charge is 0.428 e. The van der Waals surface area contributed by atoms with Gasteiger partial charge in [-0.25, -0.2) is 4.79 Å². The number of fused-ring (bicyclic) bond motifs is 4. The zero-order chi connectivity index (χ0) is 14.0. The van der Waals surface area contributed by atoms with Crippen LogP contribution < -0.4 is 0 Å². The Morgan fingerprint density at radius 2 is 1.75 bits per heavy atom. The van der Waals surface area contributed by atoms with Crippen LogP contribution in [0.3, 0.4) is 0 Å². The molecule has 0 bridgehead atoms. The number of ether oxygens (including phenoxy) is 2. The molecule has 1 aromatic rings. The molecule has 0 aromatic heterocycles. The number of hydrogen-bond donors (Lipinski definition) is 1. The van der Waals surface area contributed by atoms with E-state index in [0.29, 0.717) is 23.1 Å². The fourth-order valence-electron chi connectivity index (χ4n) is 3.29. The van der Waals surface area contributed by atoms with Crippen molar-refractivity contribution in [2.24, 2.45) is 11.8 Å². The molecular formula is C14H10O6. The molecular weight excluding hydrogens is 264 g/mol. The molecule has 2 heterocycles. The van der Waals surface area contributed by atoms with Crippen molar-refractivity contribution in [3.63, 3.8) is 0 Å². The molecule has 6 nitrogen and oxygen atoms in total. The molecule has 3 unspecified atom stereocenters. The first kappa shape index (κ1) is 11.6. The average Bonchev–Trinajstić information content (AvgIpc) is 2.86. The Morgan fingerprint density at radius 3 is 2.50 bits per heavy atom. The second-order valence-electron chi connectivity index (χ2n) is 5.29. The number of carbonyl (C=O) groups excluding carboxylic acids is 3. The summed E-state index contributed by atoms with van der Waals surface area (Å²) < 4.78 is 9.45. The summed E-state index contributed by atoms with van der Waals surface area (Å²) in [6.07, 6.45) is -0.603. The van der Waals surface area contributed by atoms with Crippen LogP contribution in [0.5, 0.6) is 0 Å². The number of aliphatic hydroxyl groups is 1. The van der Waals surface area contributed by atoms with Gasteiger partial charge >= 0.3 is 17.9 Å². The minimum Gasteiger partial charge on any atom is -0.428 e. The van der Waals surface area contributed by atoms with E-state index in [1.54, 1.807) is 12.1 Å². The van der Waals surface area contributed by atoms with E-state index in [0.717, 1.165) is 5.56 Å².